The highest BCUT2D eigenvalue weighted by Gasteiger charge is 2.27. The molecule has 1 unspecified atom stereocenters. The van der Waals surface area contributed by atoms with Gasteiger partial charge >= 0.3 is 0 Å². The van der Waals surface area contributed by atoms with E-state index in [1.165, 1.54) is 5.56 Å². The summed E-state index contributed by atoms with van der Waals surface area (Å²) in [6, 6.07) is 21.9. The lowest BCUT2D eigenvalue weighted by Gasteiger charge is -2.29. The molecule has 1 atom stereocenters. The average Bonchev–Trinajstić information content (AvgIpc) is 2.89. The minimum Gasteiger partial charge on any atom is -0.497 e. The van der Waals surface area contributed by atoms with Crippen LogP contribution in [0.4, 0.5) is 0 Å². The monoisotopic (exact) mass is 455 g/mol. The Kier molecular flexibility index (Phi) is 6.77. The molecular weight excluding hydrogens is 426 g/mol. The van der Waals surface area contributed by atoms with Crippen molar-refractivity contribution in [1.82, 2.24) is 14.5 Å². The van der Waals surface area contributed by atoms with Gasteiger partial charge in [-0.3, -0.25) is 14.2 Å². The Labute approximate surface area is 199 Å². The standard InChI is InChI=1S/C28H29N3O3/c1-5-19-14-16-21(17-15-19)31-26(29-24-13-8-7-12-23(24)28(31)33)25(6-2)30(3)27(32)20-10-9-11-22(18-20)34-4/h7-18,25H,5-6H2,1-4H3. The number of benzene rings is 3. The summed E-state index contributed by atoms with van der Waals surface area (Å²) >= 11 is 0. The summed E-state index contributed by atoms with van der Waals surface area (Å²) in [7, 11) is 3.32. The summed E-state index contributed by atoms with van der Waals surface area (Å²) in [5.41, 5.74) is 2.90. The minimum atomic E-state index is -0.415. The zero-order valence-electron chi connectivity index (χ0n) is 20.0. The van der Waals surface area contributed by atoms with Crippen molar-refractivity contribution < 1.29 is 9.53 Å². The molecule has 0 spiro atoms. The lowest BCUT2D eigenvalue weighted by Crippen LogP contribution is -2.36. The summed E-state index contributed by atoms with van der Waals surface area (Å²) < 4.78 is 6.93. The predicted octanol–water partition coefficient (Wildman–Crippen LogP) is 5.18. The zero-order valence-corrected chi connectivity index (χ0v) is 20.0. The van der Waals surface area contributed by atoms with E-state index in [2.05, 4.69) is 6.92 Å². The third-order valence-corrected chi connectivity index (χ3v) is 6.19. The Morgan fingerprint density at radius 3 is 2.44 bits per heavy atom. The Balaban J connectivity index is 1.88. The summed E-state index contributed by atoms with van der Waals surface area (Å²) in [5.74, 6) is 0.985. The Hall–Kier alpha value is -3.93. The normalized spacial score (nSPS) is 11.9. The fourth-order valence-corrected chi connectivity index (χ4v) is 4.23. The first-order chi connectivity index (χ1) is 16.5. The van der Waals surface area contributed by atoms with Crippen LogP contribution in [0.3, 0.4) is 0 Å². The van der Waals surface area contributed by atoms with Crippen LogP contribution in [0.25, 0.3) is 16.6 Å². The van der Waals surface area contributed by atoms with Crippen LogP contribution in [-0.2, 0) is 6.42 Å². The number of amides is 1. The quantitative estimate of drug-likeness (QED) is 0.385. The first kappa shape index (κ1) is 23.2. The van der Waals surface area contributed by atoms with E-state index in [1.807, 2.05) is 49.4 Å². The highest BCUT2D eigenvalue weighted by Crippen LogP contribution is 2.27. The maximum absolute atomic E-state index is 13.7. The van der Waals surface area contributed by atoms with Crippen LogP contribution in [0.5, 0.6) is 5.75 Å². The lowest BCUT2D eigenvalue weighted by atomic mass is 10.1. The molecule has 6 heteroatoms. The second kappa shape index (κ2) is 9.91. The van der Waals surface area contributed by atoms with Crippen molar-refractivity contribution >= 4 is 16.8 Å². The molecule has 34 heavy (non-hydrogen) atoms. The zero-order chi connectivity index (χ0) is 24.2. The van der Waals surface area contributed by atoms with Crippen molar-refractivity contribution in [2.45, 2.75) is 32.7 Å². The van der Waals surface area contributed by atoms with Gasteiger partial charge in [-0.2, -0.15) is 0 Å². The van der Waals surface area contributed by atoms with Gasteiger partial charge in [0.05, 0.1) is 29.7 Å². The first-order valence-electron chi connectivity index (χ1n) is 11.5. The molecule has 0 radical (unpaired) electrons. The van der Waals surface area contributed by atoms with E-state index in [1.54, 1.807) is 54.0 Å². The van der Waals surface area contributed by atoms with E-state index in [0.29, 0.717) is 34.5 Å². The molecule has 0 fully saturated rings. The van der Waals surface area contributed by atoms with Crippen LogP contribution in [0, 0.1) is 0 Å². The minimum absolute atomic E-state index is 0.148. The molecule has 4 rings (SSSR count). The molecular formula is C28H29N3O3. The van der Waals surface area contributed by atoms with Gasteiger partial charge in [0.25, 0.3) is 11.5 Å². The number of para-hydroxylation sites is 1. The van der Waals surface area contributed by atoms with Gasteiger partial charge in [-0.15, -0.1) is 0 Å². The summed E-state index contributed by atoms with van der Waals surface area (Å²) in [4.78, 5) is 33.7. The van der Waals surface area contributed by atoms with Gasteiger partial charge in [0.15, 0.2) is 0 Å². The van der Waals surface area contributed by atoms with E-state index >= 15 is 0 Å². The van der Waals surface area contributed by atoms with Gasteiger partial charge in [-0.1, -0.05) is 44.2 Å². The van der Waals surface area contributed by atoms with Crippen LogP contribution in [0.1, 0.15) is 48.1 Å². The molecule has 1 aromatic heterocycles. The Morgan fingerprint density at radius 2 is 1.76 bits per heavy atom. The molecule has 3 aromatic carbocycles. The number of fused-ring (bicyclic) bond motifs is 1. The van der Waals surface area contributed by atoms with Crippen molar-refractivity contribution in [3.8, 4) is 11.4 Å². The number of carbonyl (C=O) groups excluding carboxylic acids is 1. The smallest absolute Gasteiger partial charge is 0.266 e. The van der Waals surface area contributed by atoms with Crippen molar-refractivity contribution in [3.63, 3.8) is 0 Å². The maximum Gasteiger partial charge on any atom is 0.266 e. The molecule has 0 aliphatic heterocycles. The third kappa shape index (κ3) is 4.31. The summed E-state index contributed by atoms with van der Waals surface area (Å²) in [6.07, 6.45) is 1.50. The van der Waals surface area contributed by atoms with Crippen LogP contribution in [0.2, 0.25) is 0 Å². The molecule has 0 aliphatic carbocycles. The maximum atomic E-state index is 13.7. The van der Waals surface area contributed by atoms with E-state index < -0.39 is 6.04 Å². The summed E-state index contributed by atoms with van der Waals surface area (Å²) in [6.45, 7) is 4.09. The number of rotatable bonds is 7. The molecule has 1 amide bonds. The van der Waals surface area contributed by atoms with Gasteiger partial charge in [-0.25, -0.2) is 4.98 Å². The second-order valence-electron chi connectivity index (χ2n) is 8.22. The first-order valence-corrected chi connectivity index (χ1v) is 11.5. The van der Waals surface area contributed by atoms with Gasteiger partial charge < -0.3 is 9.64 Å². The number of methoxy groups -OCH3 is 1. The lowest BCUT2D eigenvalue weighted by molar-refractivity contribution is 0.0716. The number of aromatic nitrogens is 2. The topological polar surface area (TPSA) is 64.4 Å². The predicted molar refractivity (Wildman–Crippen MR) is 135 cm³/mol. The molecule has 0 aliphatic rings. The second-order valence-corrected chi connectivity index (χ2v) is 8.22. The number of hydrogen-bond acceptors (Lipinski definition) is 4. The highest BCUT2D eigenvalue weighted by molar-refractivity contribution is 5.94. The SMILES string of the molecule is CCc1ccc(-n2c(C(CC)N(C)C(=O)c3cccc(OC)c3)nc3ccccc3c2=O)cc1. The average molecular weight is 456 g/mol. The molecule has 4 aromatic rings. The van der Waals surface area contributed by atoms with Crippen molar-refractivity contribution in [3.05, 3.63) is 100 Å². The highest BCUT2D eigenvalue weighted by atomic mass is 16.5. The number of ether oxygens (including phenoxy) is 1. The van der Waals surface area contributed by atoms with E-state index in [0.717, 1.165) is 12.1 Å². The van der Waals surface area contributed by atoms with E-state index in [4.69, 9.17) is 9.72 Å². The Morgan fingerprint density at radius 1 is 1.03 bits per heavy atom. The van der Waals surface area contributed by atoms with Gasteiger partial charge in [0, 0.05) is 12.6 Å². The van der Waals surface area contributed by atoms with Crippen molar-refractivity contribution in [2.24, 2.45) is 0 Å². The van der Waals surface area contributed by atoms with Crippen LogP contribution >= 0.6 is 0 Å². The molecule has 0 bridgehead atoms. The van der Waals surface area contributed by atoms with Gasteiger partial charge in [0.1, 0.15) is 11.6 Å². The number of nitrogens with zero attached hydrogens (tertiary/aromatic N) is 3. The van der Waals surface area contributed by atoms with Crippen LogP contribution in [-0.4, -0.2) is 34.5 Å². The van der Waals surface area contributed by atoms with Crippen molar-refractivity contribution in [2.75, 3.05) is 14.2 Å². The number of hydrogen-bond donors (Lipinski definition) is 0. The van der Waals surface area contributed by atoms with Gasteiger partial charge in [0.2, 0.25) is 0 Å². The molecule has 0 N–H and O–H groups in total. The van der Waals surface area contributed by atoms with Crippen LogP contribution < -0.4 is 10.3 Å². The molecule has 0 saturated heterocycles. The molecule has 0 saturated carbocycles. The fourth-order valence-electron chi connectivity index (χ4n) is 4.23. The van der Waals surface area contributed by atoms with Crippen molar-refractivity contribution in [1.29, 1.82) is 0 Å². The third-order valence-electron chi connectivity index (χ3n) is 6.19. The summed E-state index contributed by atoms with van der Waals surface area (Å²) in [5, 5.41) is 0.544. The number of aryl methyl sites for hydroxylation is 1. The molecule has 1 heterocycles. The van der Waals surface area contributed by atoms with E-state index in [-0.39, 0.29) is 11.5 Å². The molecule has 174 valence electrons. The van der Waals surface area contributed by atoms with Crippen LogP contribution in [0.15, 0.2) is 77.6 Å². The fraction of sp³-hybridized carbons (Fsp3) is 0.250. The largest absolute Gasteiger partial charge is 0.497 e. The Bertz CT molecular complexity index is 1380. The van der Waals surface area contributed by atoms with Gasteiger partial charge in [-0.05, 0) is 60.9 Å². The van der Waals surface area contributed by atoms with E-state index in [9.17, 15) is 9.59 Å². The number of carbonyl (C=O) groups is 1. The molecule has 6 nitrogen and oxygen atoms in total.